The van der Waals surface area contributed by atoms with Crippen molar-refractivity contribution in [2.24, 2.45) is 5.73 Å². The standard InChI is InChI=1S/C9H19N3O/c1-8-4-3-6-12(8)9(13)11(2)7-5-10/h8H,3-7,10H2,1-2H3. The number of likely N-dealkylation sites (N-methyl/N-ethyl adjacent to an activating group) is 1. The van der Waals surface area contributed by atoms with Crippen LogP contribution in [-0.2, 0) is 0 Å². The van der Waals surface area contributed by atoms with Crippen LogP contribution in [0.3, 0.4) is 0 Å². The third kappa shape index (κ3) is 2.34. The molecule has 2 amide bonds. The molecule has 1 rings (SSSR count). The van der Waals surface area contributed by atoms with Crippen LogP contribution >= 0.6 is 0 Å². The van der Waals surface area contributed by atoms with Crippen molar-refractivity contribution in [2.45, 2.75) is 25.8 Å². The lowest BCUT2D eigenvalue weighted by molar-refractivity contribution is 0.162. The summed E-state index contributed by atoms with van der Waals surface area (Å²) in [5.41, 5.74) is 5.39. The van der Waals surface area contributed by atoms with Crippen LogP contribution in [0.25, 0.3) is 0 Å². The fourth-order valence-electron chi connectivity index (χ4n) is 1.73. The summed E-state index contributed by atoms with van der Waals surface area (Å²) in [6.07, 6.45) is 2.26. The van der Waals surface area contributed by atoms with Gasteiger partial charge in [-0.3, -0.25) is 0 Å². The van der Waals surface area contributed by atoms with Crippen molar-refractivity contribution in [2.75, 3.05) is 26.7 Å². The summed E-state index contributed by atoms with van der Waals surface area (Å²) < 4.78 is 0. The van der Waals surface area contributed by atoms with E-state index in [1.165, 1.54) is 0 Å². The van der Waals surface area contributed by atoms with E-state index in [-0.39, 0.29) is 6.03 Å². The van der Waals surface area contributed by atoms with Crippen LogP contribution in [0, 0.1) is 0 Å². The van der Waals surface area contributed by atoms with Gasteiger partial charge in [0.05, 0.1) is 0 Å². The maximum Gasteiger partial charge on any atom is 0.320 e. The van der Waals surface area contributed by atoms with Crippen molar-refractivity contribution < 1.29 is 4.79 Å². The van der Waals surface area contributed by atoms with E-state index in [0.717, 1.165) is 19.4 Å². The van der Waals surface area contributed by atoms with Crippen LogP contribution < -0.4 is 5.73 Å². The molecule has 1 heterocycles. The van der Waals surface area contributed by atoms with Crippen LogP contribution in [0.4, 0.5) is 4.79 Å². The molecular formula is C9H19N3O. The highest BCUT2D eigenvalue weighted by molar-refractivity contribution is 5.74. The molecule has 0 aliphatic carbocycles. The summed E-state index contributed by atoms with van der Waals surface area (Å²) >= 11 is 0. The van der Waals surface area contributed by atoms with E-state index in [1.54, 1.807) is 11.9 Å². The van der Waals surface area contributed by atoms with E-state index in [9.17, 15) is 4.79 Å². The SMILES string of the molecule is CC1CCCN1C(=O)N(C)CCN. The zero-order valence-corrected chi connectivity index (χ0v) is 8.49. The number of carbonyl (C=O) groups is 1. The van der Waals surface area contributed by atoms with Gasteiger partial charge in [-0.2, -0.15) is 0 Å². The van der Waals surface area contributed by atoms with Crippen LogP contribution in [0.2, 0.25) is 0 Å². The molecule has 0 aromatic carbocycles. The fourth-order valence-corrected chi connectivity index (χ4v) is 1.73. The molecule has 1 saturated heterocycles. The van der Waals surface area contributed by atoms with Gasteiger partial charge >= 0.3 is 6.03 Å². The molecule has 1 aliphatic heterocycles. The normalized spacial score (nSPS) is 22.1. The maximum atomic E-state index is 11.7. The molecule has 76 valence electrons. The number of hydrogen-bond acceptors (Lipinski definition) is 2. The first kappa shape index (κ1) is 10.3. The van der Waals surface area contributed by atoms with Gasteiger partial charge in [0.1, 0.15) is 0 Å². The summed E-state index contributed by atoms with van der Waals surface area (Å²) in [7, 11) is 1.81. The van der Waals surface area contributed by atoms with Gasteiger partial charge in [-0.25, -0.2) is 4.79 Å². The predicted molar refractivity (Wildman–Crippen MR) is 52.5 cm³/mol. The Hall–Kier alpha value is -0.770. The van der Waals surface area contributed by atoms with E-state index in [2.05, 4.69) is 6.92 Å². The highest BCUT2D eigenvalue weighted by Crippen LogP contribution is 2.17. The molecule has 0 spiro atoms. The lowest BCUT2D eigenvalue weighted by Crippen LogP contribution is -2.44. The Kier molecular flexibility index (Phi) is 3.54. The molecule has 1 unspecified atom stereocenters. The predicted octanol–water partition coefficient (Wildman–Crippen LogP) is 0.481. The Morgan fingerprint density at radius 2 is 2.38 bits per heavy atom. The van der Waals surface area contributed by atoms with E-state index in [0.29, 0.717) is 19.1 Å². The van der Waals surface area contributed by atoms with Gasteiger partial charge in [0.25, 0.3) is 0 Å². The Morgan fingerprint density at radius 1 is 1.69 bits per heavy atom. The first-order valence-corrected chi connectivity index (χ1v) is 4.88. The minimum Gasteiger partial charge on any atom is -0.329 e. The summed E-state index contributed by atoms with van der Waals surface area (Å²) in [6.45, 7) is 4.17. The van der Waals surface area contributed by atoms with E-state index in [1.807, 2.05) is 4.90 Å². The molecule has 13 heavy (non-hydrogen) atoms. The van der Waals surface area contributed by atoms with E-state index < -0.39 is 0 Å². The minimum absolute atomic E-state index is 0.121. The number of nitrogens with zero attached hydrogens (tertiary/aromatic N) is 2. The average molecular weight is 185 g/mol. The molecule has 4 heteroatoms. The monoisotopic (exact) mass is 185 g/mol. The smallest absolute Gasteiger partial charge is 0.320 e. The van der Waals surface area contributed by atoms with Crippen molar-refractivity contribution in [1.29, 1.82) is 0 Å². The van der Waals surface area contributed by atoms with Crippen molar-refractivity contribution >= 4 is 6.03 Å². The summed E-state index contributed by atoms with van der Waals surface area (Å²) in [6, 6.07) is 0.517. The summed E-state index contributed by atoms with van der Waals surface area (Å²) in [4.78, 5) is 15.4. The number of nitrogens with two attached hydrogens (primary N) is 1. The zero-order chi connectivity index (χ0) is 9.84. The molecule has 0 radical (unpaired) electrons. The van der Waals surface area contributed by atoms with Crippen LogP contribution in [0.15, 0.2) is 0 Å². The largest absolute Gasteiger partial charge is 0.329 e. The van der Waals surface area contributed by atoms with Crippen molar-refractivity contribution in [3.63, 3.8) is 0 Å². The van der Waals surface area contributed by atoms with Gasteiger partial charge in [0.15, 0.2) is 0 Å². The van der Waals surface area contributed by atoms with Crippen LogP contribution in [0.5, 0.6) is 0 Å². The van der Waals surface area contributed by atoms with Crippen LogP contribution in [-0.4, -0.2) is 48.6 Å². The number of hydrogen-bond donors (Lipinski definition) is 1. The number of rotatable bonds is 2. The first-order valence-electron chi connectivity index (χ1n) is 4.88. The average Bonchev–Trinajstić information content (AvgIpc) is 2.50. The Bertz CT molecular complexity index is 184. The maximum absolute atomic E-state index is 11.7. The first-order chi connectivity index (χ1) is 6.16. The van der Waals surface area contributed by atoms with Crippen LogP contribution in [0.1, 0.15) is 19.8 Å². The van der Waals surface area contributed by atoms with Gasteiger partial charge < -0.3 is 15.5 Å². The van der Waals surface area contributed by atoms with Crippen molar-refractivity contribution in [3.05, 3.63) is 0 Å². The molecule has 0 aromatic rings. The van der Waals surface area contributed by atoms with Gasteiger partial charge in [0, 0.05) is 32.7 Å². The third-order valence-electron chi connectivity index (χ3n) is 2.59. The van der Waals surface area contributed by atoms with Gasteiger partial charge in [-0.05, 0) is 19.8 Å². The highest BCUT2D eigenvalue weighted by Gasteiger charge is 2.26. The molecule has 0 bridgehead atoms. The second kappa shape index (κ2) is 4.46. The summed E-state index contributed by atoms with van der Waals surface area (Å²) in [5, 5.41) is 0. The second-order valence-corrected chi connectivity index (χ2v) is 3.68. The number of amides is 2. The number of likely N-dealkylation sites (tertiary alicyclic amines) is 1. The van der Waals surface area contributed by atoms with Gasteiger partial charge in [0.2, 0.25) is 0 Å². The molecule has 0 saturated carbocycles. The van der Waals surface area contributed by atoms with E-state index in [4.69, 9.17) is 5.73 Å². The molecule has 4 nitrogen and oxygen atoms in total. The van der Waals surface area contributed by atoms with Gasteiger partial charge in [-0.15, -0.1) is 0 Å². The second-order valence-electron chi connectivity index (χ2n) is 3.68. The molecule has 1 aliphatic rings. The lowest BCUT2D eigenvalue weighted by atomic mass is 10.2. The number of urea groups is 1. The van der Waals surface area contributed by atoms with Crippen molar-refractivity contribution in [1.82, 2.24) is 9.80 Å². The topological polar surface area (TPSA) is 49.6 Å². The molecular weight excluding hydrogens is 166 g/mol. The summed E-state index contributed by atoms with van der Waals surface area (Å²) in [5.74, 6) is 0. The minimum atomic E-state index is 0.121. The fraction of sp³-hybridized carbons (Fsp3) is 0.889. The van der Waals surface area contributed by atoms with Gasteiger partial charge in [-0.1, -0.05) is 0 Å². The number of carbonyl (C=O) groups excluding carboxylic acids is 1. The zero-order valence-electron chi connectivity index (χ0n) is 8.49. The Labute approximate surface area is 79.7 Å². The van der Waals surface area contributed by atoms with Crippen molar-refractivity contribution in [3.8, 4) is 0 Å². The third-order valence-corrected chi connectivity index (χ3v) is 2.59. The quantitative estimate of drug-likeness (QED) is 0.680. The molecule has 1 atom stereocenters. The molecule has 1 fully saturated rings. The molecule has 2 N–H and O–H groups in total. The lowest BCUT2D eigenvalue weighted by Gasteiger charge is -2.27. The molecule has 0 aromatic heterocycles. The highest BCUT2D eigenvalue weighted by atomic mass is 16.2. The Balaban J connectivity index is 2.46. The van der Waals surface area contributed by atoms with E-state index >= 15 is 0 Å². The Morgan fingerprint density at radius 3 is 2.85 bits per heavy atom.